The number of nitrogens with zero attached hydrogens (tertiary/aromatic N) is 1. The van der Waals surface area contributed by atoms with Crippen molar-refractivity contribution < 1.29 is 18.7 Å². The molecule has 27 heavy (non-hydrogen) atoms. The van der Waals surface area contributed by atoms with Gasteiger partial charge in [-0.1, -0.05) is 12.1 Å². The number of ether oxygens (including phenoxy) is 1. The fourth-order valence-electron chi connectivity index (χ4n) is 3.31. The fourth-order valence-corrected chi connectivity index (χ4v) is 3.31. The van der Waals surface area contributed by atoms with Crippen LogP contribution in [0.5, 0.6) is 0 Å². The number of likely N-dealkylation sites (tertiary alicyclic amines) is 1. The highest BCUT2D eigenvalue weighted by atomic mass is 19.1. The molecule has 1 heterocycles. The molecule has 2 aromatic rings. The average Bonchev–Trinajstić information content (AvgIpc) is 2.70. The van der Waals surface area contributed by atoms with Crippen LogP contribution in [0.3, 0.4) is 0 Å². The highest BCUT2D eigenvalue weighted by molar-refractivity contribution is 5.94. The third-order valence-electron chi connectivity index (χ3n) is 4.77. The van der Waals surface area contributed by atoms with Crippen LogP contribution >= 0.6 is 0 Å². The molecule has 1 aliphatic heterocycles. The molecule has 0 aromatic heterocycles. The summed E-state index contributed by atoms with van der Waals surface area (Å²) < 4.78 is 17.7. The summed E-state index contributed by atoms with van der Waals surface area (Å²) in [5.41, 5.74) is 2.14. The summed E-state index contributed by atoms with van der Waals surface area (Å²) in [6.45, 7) is 2.30. The van der Waals surface area contributed by atoms with Crippen molar-refractivity contribution in [3.8, 4) is 0 Å². The Morgan fingerprint density at radius 3 is 2.52 bits per heavy atom. The maximum Gasteiger partial charge on any atom is 0.337 e. The molecular formula is C21H23FN2O3. The van der Waals surface area contributed by atoms with Crippen LogP contribution < -0.4 is 5.32 Å². The Kier molecular flexibility index (Phi) is 6.19. The first kappa shape index (κ1) is 19.0. The van der Waals surface area contributed by atoms with Crippen molar-refractivity contribution in [1.82, 2.24) is 4.90 Å². The molecule has 1 atom stereocenters. The van der Waals surface area contributed by atoms with Crippen molar-refractivity contribution in [3.05, 3.63) is 65.5 Å². The summed E-state index contributed by atoms with van der Waals surface area (Å²) in [4.78, 5) is 26.3. The van der Waals surface area contributed by atoms with Gasteiger partial charge in [-0.15, -0.1) is 0 Å². The molecule has 0 saturated carbocycles. The molecule has 6 heteroatoms. The Labute approximate surface area is 158 Å². The standard InChI is InChI=1S/C21H23FN2O3/c1-27-21(26)16-6-10-19(11-7-16)23-20(25)17-3-2-12-24(14-17)13-15-4-8-18(22)9-5-15/h4-11,17H,2-3,12-14H2,1H3,(H,23,25)/t17-/m1/s1. The number of hydrogen-bond acceptors (Lipinski definition) is 4. The van der Waals surface area contributed by atoms with E-state index < -0.39 is 5.97 Å². The van der Waals surface area contributed by atoms with E-state index in [9.17, 15) is 14.0 Å². The van der Waals surface area contributed by atoms with Gasteiger partial charge < -0.3 is 10.1 Å². The lowest BCUT2D eigenvalue weighted by Gasteiger charge is -2.32. The molecule has 5 nitrogen and oxygen atoms in total. The van der Waals surface area contributed by atoms with E-state index in [4.69, 9.17) is 0 Å². The Morgan fingerprint density at radius 2 is 1.85 bits per heavy atom. The van der Waals surface area contributed by atoms with Crippen LogP contribution in [0.15, 0.2) is 48.5 Å². The zero-order valence-electron chi connectivity index (χ0n) is 15.3. The molecular weight excluding hydrogens is 347 g/mol. The lowest BCUT2D eigenvalue weighted by atomic mass is 9.96. The minimum Gasteiger partial charge on any atom is -0.465 e. The summed E-state index contributed by atoms with van der Waals surface area (Å²) in [5.74, 6) is -0.770. The van der Waals surface area contributed by atoms with E-state index in [1.165, 1.54) is 19.2 Å². The van der Waals surface area contributed by atoms with Crippen molar-refractivity contribution in [2.45, 2.75) is 19.4 Å². The summed E-state index contributed by atoms with van der Waals surface area (Å²) in [5, 5.41) is 2.92. The topological polar surface area (TPSA) is 58.6 Å². The van der Waals surface area contributed by atoms with E-state index >= 15 is 0 Å². The largest absolute Gasteiger partial charge is 0.465 e. The third kappa shape index (κ3) is 5.14. The second-order valence-corrected chi connectivity index (χ2v) is 6.76. The summed E-state index contributed by atoms with van der Waals surface area (Å²) in [6.07, 6.45) is 1.78. The van der Waals surface area contributed by atoms with Crippen LogP contribution in [0.4, 0.5) is 10.1 Å². The van der Waals surface area contributed by atoms with Gasteiger partial charge in [0.15, 0.2) is 0 Å². The molecule has 0 aliphatic carbocycles. The van der Waals surface area contributed by atoms with Gasteiger partial charge >= 0.3 is 5.97 Å². The maximum absolute atomic E-state index is 13.0. The molecule has 2 aromatic carbocycles. The second-order valence-electron chi connectivity index (χ2n) is 6.76. The van der Waals surface area contributed by atoms with Crippen LogP contribution in [0, 0.1) is 11.7 Å². The van der Waals surface area contributed by atoms with Crippen LogP contribution in [0.25, 0.3) is 0 Å². The molecule has 0 unspecified atom stereocenters. The summed E-state index contributed by atoms with van der Waals surface area (Å²) in [6, 6.07) is 13.1. The van der Waals surface area contributed by atoms with Gasteiger partial charge in [0, 0.05) is 18.8 Å². The highest BCUT2D eigenvalue weighted by Crippen LogP contribution is 2.21. The SMILES string of the molecule is COC(=O)c1ccc(NC(=O)[C@@H]2CCCN(Cc3ccc(F)cc3)C2)cc1. The minimum atomic E-state index is -0.406. The molecule has 3 rings (SSSR count). The monoisotopic (exact) mass is 370 g/mol. The molecule has 142 valence electrons. The normalized spacial score (nSPS) is 17.3. The first-order valence-electron chi connectivity index (χ1n) is 9.01. The maximum atomic E-state index is 13.0. The van der Waals surface area contributed by atoms with Gasteiger partial charge in [-0.3, -0.25) is 9.69 Å². The minimum absolute atomic E-state index is 0.0235. The van der Waals surface area contributed by atoms with E-state index in [-0.39, 0.29) is 17.6 Å². The predicted octanol–water partition coefficient (Wildman–Crippen LogP) is 3.46. The molecule has 1 N–H and O–H groups in total. The molecule has 0 spiro atoms. The highest BCUT2D eigenvalue weighted by Gasteiger charge is 2.26. The number of carbonyl (C=O) groups excluding carboxylic acids is 2. The van der Waals surface area contributed by atoms with Crippen LogP contribution in [0.2, 0.25) is 0 Å². The van der Waals surface area contributed by atoms with E-state index in [0.29, 0.717) is 24.3 Å². The first-order chi connectivity index (χ1) is 13.0. The van der Waals surface area contributed by atoms with Gasteiger partial charge in [-0.2, -0.15) is 0 Å². The Hall–Kier alpha value is -2.73. The smallest absolute Gasteiger partial charge is 0.337 e. The van der Waals surface area contributed by atoms with Gasteiger partial charge in [0.05, 0.1) is 18.6 Å². The molecule has 0 radical (unpaired) electrons. The number of anilines is 1. The van der Waals surface area contributed by atoms with Gasteiger partial charge in [-0.05, 0) is 61.3 Å². The van der Waals surface area contributed by atoms with Gasteiger partial charge in [0.2, 0.25) is 5.91 Å². The lowest BCUT2D eigenvalue weighted by Crippen LogP contribution is -2.40. The van der Waals surface area contributed by atoms with E-state index in [1.54, 1.807) is 36.4 Å². The second kappa shape index (κ2) is 8.77. The molecule has 0 bridgehead atoms. The Bertz CT molecular complexity index is 790. The van der Waals surface area contributed by atoms with Gasteiger partial charge in [0.25, 0.3) is 0 Å². The predicted molar refractivity (Wildman–Crippen MR) is 101 cm³/mol. The lowest BCUT2D eigenvalue weighted by molar-refractivity contribution is -0.121. The van der Waals surface area contributed by atoms with E-state index in [0.717, 1.165) is 24.9 Å². The van der Waals surface area contributed by atoms with Crippen LogP contribution in [-0.4, -0.2) is 37.0 Å². The number of rotatable bonds is 5. The zero-order chi connectivity index (χ0) is 19.2. The number of hydrogen-bond donors (Lipinski definition) is 1. The third-order valence-corrected chi connectivity index (χ3v) is 4.77. The van der Waals surface area contributed by atoms with Crippen molar-refractivity contribution in [3.63, 3.8) is 0 Å². The number of esters is 1. The summed E-state index contributed by atoms with van der Waals surface area (Å²) in [7, 11) is 1.33. The van der Waals surface area contributed by atoms with Gasteiger partial charge in [-0.25, -0.2) is 9.18 Å². The number of methoxy groups -OCH3 is 1. The van der Waals surface area contributed by atoms with Gasteiger partial charge in [0.1, 0.15) is 5.82 Å². The first-order valence-corrected chi connectivity index (χ1v) is 9.01. The number of amides is 1. The van der Waals surface area contributed by atoms with E-state index in [1.807, 2.05) is 0 Å². The molecule has 1 aliphatic rings. The fraction of sp³-hybridized carbons (Fsp3) is 0.333. The van der Waals surface area contributed by atoms with E-state index in [2.05, 4.69) is 15.0 Å². The van der Waals surface area contributed by atoms with Crippen molar-refractivity contribution in [1.29, 1.82) is 0 Å². The van der Waals surface area contributed by atoms with Crippen LogP contribution in [0.1, 0.15) is 28.8 Å². The number of benzene rings is 2. The van der Waals surface area contributed by atoms with Crippen LogP contribution in [-0.2, 0) is 16.1 Å². The van der Waals surface area contributed by atoms with Crippen molar-refractivity contribution >= 4 is 17.6 Å². The number of piperidine rings is 1. The quantitative estimate of drug-likeness (QED) is 0.819. The molecule has 1 fully saturated rings. The van der Waals surface area contributed by atoms with Crippen molar-refractivity contribution in [2.75, 3.05) is 25.5 Å². The number of carbonyl (C=O) groups is 2. The van der Waals surface area contributed by atoms with Crippen molar-refractivity contribution in [2.24, 2.45) is 5.92 Å². The number of halogens is 1. The Morgan fingerprint density at radius 1 is 1.15 bits per heavy atom. The Balaban J connectivity index is 1.56. The number of nitrogens with one attached hydrogen (secondary N) is 1. The molecule has 1 amide bonds. The molecule has 1 saturated heterocycles. The average molecular weight is 370 g/mol. The summed E-state index contributed by atoms with van der Waals surface area (Å²) >= 11 is 0. The zero-order valence-corrected chi connectivity index (χ0v) is 15.3.